The molecule has 11 heteroatoms. The van der Waals surface area contributed by atoms with Crippen LogP contribution in [0.3, 0.4) is 0 Å². The van der Waals surface area contributed by atoms with E-state index in [1.165, 1.54) is 0 Å². The molecule has 3 aromatic heterocycles. The van der Waals surface area contributed by atoms with Gasteiger partial charge in [0, 0.05) is 63.2 Å². The predicted octanol–water partition coefficient (Wildman–Crippen LogP) is 5.03. The smallest absolute Gasteiger partial charge is 0.219 e. The largest absolute Gasteiger partial charge is 0.369 e. The Morgan fingerprint density at radius 1 is 1.12 bits per heavy atom. The van der Waals surface area contributed by atoms with Crippen LogP contribution in [0.5, 0.6) is 0 Å². The van der Waals surface area contributed by atoms with Gasteiger partial charge in [-0.1, -0.05) is 6.92 Å². The lowest BCUT2D eigenvalue weighted by Gasteiger charge is -2.46. The molecule has 8 nitrogen and oxygen atoms in total. The van der Waals surface area contributed by atoms with Gasteiger partial charge in [0.25, 0.3) is 0 Å². The van der Waals surface area contributed by atoms with Crippen molar-refractivity contribution in [2.75, 3.05) is 25.0 Å². The SMILES string of the molecule is CC(=O)N(C)[C@@H]1[C@H](N)CN(c2ccncc2Cc2ncc3ccc(-c4c(F)cc(C5(F)CCCC5)cc4F)nn23)C[C@@H]1C. The van der Waals surface area contributed by atoms with Crippen molar-refractivity contribution in [1.82, 2.24) is 24.5 Å². The molecule has 2 aliphatic rings. The predicted molar refractivity (Wildman–Crippen MR) is 158 cm³/mol. The molecule has 1 amide bonds. The van der Waals surface area contributed by atoms with E-state index in [0.29, 0.717) is 43.7 Å². The molecule has 1 aliphatic carbocycles. The minimum Gasteiger partial charge on any atom is -0.369 e. The molecule has 0 bridgehead atoms. The first kappa shape index (κ1) is 29.1. The topological polar surface area (TPSA) is 92.6 Å². The number of benzene rings is 1. The van der Waals surface area contributed by atoms with Crippen molar-refractivity contribution < 1.29 is 18.0 Å². The van der Waals surface area contributed by atoms with Crippen LogP contribution in [0.15, 0.2) is 48.9 Å². The van der Waals surface area contributed by atoms with Crippen molar-refractivity contribution in [3.05, 3.63) is 77.5 Å². The van der Waals surface area contributed by atoms with Crippen LogP contribution in [-0.4, -0.2) is 62.6 Å². The Bertz CT molecular complexity index is 1630. The molecule has 1 aromatic carbocycles. The first-order valence-electron chi connectivity index (χ1n) is 14.7. The molecule has 1 aliphatic heterocycles. The lowest BCUT2D eigenvalue weighted by molar-refractivity contribution is -0.131. The zero-order valence-corrected chi connectivity index (χ0v) is 24.6. The fourth-order valence-corrected chi connectivity index (χ4v) is 6.91. The summed E-state index contributed by atoms with van der Waals surface area (Å²) in [6.07, 6.45) is 7.45. The number of imidazole rings is 1. The Morgan fingerprint density at radius 2 is 1.84 bits per heavy atom. The van der Waals surface area contributed by atoms with Gasteiger partial charge in [-0.2, -0.15) is 5.10 Å². The van der Waals surface area contributed by atoms with E-state index >= 15 is 13.2 Å². The number of piperidine rings is 1. The summed E-state index contributed by atoms with van der Waals surface area (Å²) >= 11 is 0. The number of amides is 1. The number of likely N-dealkylation sites (N-methyl/N-ethyl adjacent to an activating group) is 1. The van der Waals surface area contributed by atoms with E-state index in [-0.39, 0.29) is 53.6 Å². The summed E-state index contributed by atoms with van der Waals surface area (Å²) in [6.45, 7) is 4.90. The number of aromatic nitrogens is 4. The number of nitrogens with two attached hydrogens (primary N) is 1. The van der Waals surface area contributed by atoms with Gasteiger partial charge in [0.15, 0.2) is 0 Å². The van der Waals surface area contributed by atoms with E-state index in [0.717, 1.165) is 23.4 Å². The molecular weight excluding hydrogens is 555 g/mol. The van der Waals surface area contributed by atoms with Gasteiger partial charge in [-0.25, -0.2) is 22.7 Å². The number of carbonyl (C=O) groups excluding carboxylic acids is 1. The van der Waals surface area contributed by atoms with E-state index < -0.39 is 17.3 Å². The highest BCUT2D eigenvalue weighted by Gasteiger charge is 2.38. The summed E-state index contributed by atoms with van der Waals surface area (Å²) in [5.41, 5.74) is 7.24. The molecular formula is C32H36F3N7O. The van der Waals surface area contributed by atoms with Crippen LogP contribution < -0.4 is 10.6 Å². The van der Waals surface area contributed by atoms with Gasteiger partial charge in [-0.15, -0.1) is 0 Å². The maximum atomic E-state index is 15.3. The zero-order valence-electron chi connectivity index (χ0n) is 24.6. The fraction of sp³-hybridized carbons (Fsp3) is 0.438. The average molecular weight is 592 g/mol. The number of rotatable bonds is 6. The third-order valence-electron chi connectivity index (χ3n) is 9.14. The lowest BCUT2D eigenvalue weighted by Crippen LogP contribution is -2.62. The maximum absolute atomic E-state index is 15.3. The Kier molecular flexibility index (Phi) is 7.62. The molecule has 0 unspecified atom stereocenters. The second-order valence-corrected chi connectivity index (χ2v) is 12.1. The Hall–Kier alpha value is -3.99. The number of anilines is 1. The number of hydrogen-bond donors (Lipinski definition) is 1. The first-order valence-corrected chi connectivity index (χ1v) is 14.7. The van der Waals surface area contributed by atoms with Crippen molar-refractivity contribution in [3.8, 4) is 11.3 Å². The van der Waals surface area contributed by atoms with Crippen molar-refractivity contribution in [2.45, 2.75) is 63.7 Å². The highest BCUT2D eigenvalue weighted by Crippen LogP contribution is 2.43. The third kappa shape index (κ3) is 5.35. The molecule has 1 saturated heterocycles. The van der Waals surface area contributed by atoms with Crippen molar-refractivity contribution in [3.63, 3.8) is 0 Å². The van der Waals surface area contributed by atoms with Crippen molar-refractivity contribution in [1.29, 1.82) is 0 Å². The molecule has 3 atom stereocenters. The Morgan fingerprint density at radius 3 is 2.51 bits per heavy atom. The van der Waals surface area contributed by atoms with Gasteiger partial charge in [-0.3, -0.25) is 9.78 Å². The van der Waals surface area contributed by atoms with Crippen LogP contribution in [0.1, 0.15) is 56.5 Å². The van der Waals surface area contributed by atoms with Gasteiger partial charge in [0.05, 0.1) is 29.0 Å². The molecule has 0 radical (unpaired) electrons. The summed E-state index contributed by atoms with van der Waals surface area (Å²) in [5.74, 6) is -0.996. The molecule has 1 saturated carbocycles. The molecule has 0 spiro atoms. The van der Waals surface area contributed by atoms with E-state index in [2.05, 4.69) is 26.9 Å². The molecule has 2 N–H and O–H groups in total. The normalized spacial score (nSPS) is 21.8. The van der Waals surface area contributed by atoms with Gasteiger partial charge in [-0.05, 0) is 67.5 Å². The lowest BCUT2D eigenvalue weighted by atomic mass is 9.88. The third-order valence-corrected chi connectivity index (χ3v) is 9.14. The summed E-state index contributed by atoms with van der Waals surface area (Å²) in [7, 11) is 1.79. The average Bonchev–Trinajstić information content (AvgIpc) is 3.59. The van der Waals surface area contributed by atoms with Gasteiger partial charge >= 0.3 is 0 Å². The molecule has 6 rings (SSSR count). The van der Waals surface area contributed by atoms with Crippen LogP contribution in [-0.2, 0) is 16.9 Å². The maximum Gasteiger partial charge on any atom is 0.219 e. The zero-order chi connectivity index (χ0) is 30.5. The van der Waals surface area contributed by atoms with E-state index in [9.17, 15) is 4.79 Å². The number of alkyl halides is 1. The van der Waals surface area contributed by atoms with Gasteiger partial charge in [0.2, 0.25) is 5.91 Å². The second kappa shape index (κ2) is 11.3. The quantitative estimate of drug-likeness (QED) is 0.338. The first-order chi connectivity index (χ1) is 20.6. The summed E-state index contributed by atoms with van der Waals surface area (Å²) < 4.78 is 47.5. The standard InChI is InChI=1S/C32H36F3N7O/c1-19-17-41(18-26(36)31(19)40(3)20(2)43)28-8-11-37-15-21(28)12-29-38-16-23-6-7-27(39-42(23)29)30-24(33)13-22(14-25(30)34)32(35)9-4-5-10-32/h6-8,11,13-16,19,26,31H,4-5,9-10,12,17-18,36H2,1-3H3/t19-,26+,31-/m0/s1. The van der Waals surface area contributed by atoms with Crippen molar-refractivity contribution >= 4 is 17.1 Å². The van der Waals surface area contributed by atoms with Crippen LogP contribution >= 0.6 is 0 Å². The minimum absolute atomic E-state index is 0.0146. The number of carbonyl (C=O) groups is 1. The number of nitrogens with zero attached hydrogens (tertiary/aromatic N) is 6. The highest BCUT2D eigenvalue weighted by atomic mass is 19.1. The number of fused-ring (bicyclic) bond motifs is 1. The summed E-state index contributed by atoms with van der Waals surface area (Å²) in [6, 6.07) is 7.09. The molecule has 2 fully saturated rings. The number of pyridine rings is 1. The van der Waals surface area contributed by atoms with Crippen LogP contribution in [0, 0.1) is 17.6 Å². The van der Waals surface area contributed by atoms with Crippen molar-refractivity contribution in [2.24, 2.45) is 11.7 Å². The highest BCUT2D eigenvalue weighted by molar-refractivity contribution is 5.73. The fourth-order valence-electron chi connectivity index (χ4n) is 6.91. The van der Waals surface area contributed by atoms with Crippen LogP contribution in [0.2, 0.25) is 0 Å². The van der Waals surface area contributed by atoms with E-state index in [4.69, 9.17) is 5.73 Å². The number of hydrogen-bond acceptors (Lipinski definition) is 6. The van der Waals surface area contributed by atoms with Gasteiger partial charge in [0.1, 0.15) is 23.1 Å². The van der Waals surface area contributed by atoms with E-state index in [1.807, 2.05) is 6.07 Å². The summed E-state index contributed by atoms with van der Waals surface area (Å²) in [5, 5.41) is 4.57. The van der Waals surface area contributed by atoms with E-state index in [1.54, 1.807) is 54.1 Å². The monoisotopic (exact) mass is 591 g/mol. The summed E-state index contributed by atoms with van der Waals surface area (Å²) in [4.78, 5) is 24.9. The second-order valence-electron chi connectivity index (χ2n) is 12.1. The molecule has 43 heavy (non-hydrogen) atoms. The Balaban J connectivity index is 1.30. The molecule has 226 valence electrons. The van der Waals surface area contributed by atoms with Crippen LogP contribution in [0.4, 0.5) is 18.9 Å². The minimum atomic E-state index is -1.70. The number of halogens is 3. The molecule has 4 heterocycles. The van der Waals surface area contributed by atoms with Crippen LogP contribution in [0.25, 0.3) is 16.8 Å². The van der Waals surface area contributed by atoms with Gasteiger partial charge < -0.3 is 15.5 Å². The Labute approximate surface area is 248 Å². The molecule has 4 aromatic rings.